The van der Waals surface area contributed by atoms with Crippen LogP contribution >= 0.6 is 50.5 Å². The molecule has 0 unspecified atom stereocenters. The highest BCUT2D eigenvalue weighted by Gasteiger charge is 2.35. The number of hydrogen-bond donors (Lipinski definition) is 1. The van der Waals surface area contributed by atoms with Gasteiger partial charge in [0.05, 0.1) is 10.7 Å². The third-order valence-electron chi connectivity index (χ3n) is 4.59. The standard InChI is InChI=1S/C16H14BrCl2N3O3S2/c17-13-14(16(19)26-15(13)18)27(23,24)22-5-3-9(4-6-22)10-8-11(21-20-10)12-2-1-7-25-12/h1-2,7-9H,3-6H2,(H,20,21). The predicted molar refractivity (Wildman–Crippen MR) is 109 cm³/mol. The number of halogens is 3. The highest BCUT2D eigenvalue weighted by atomic mass is 79.9. The van der Waals surface area contributed by atoms with E-state index < -0.39 is 10.0 Å². The molecule has 144 valence electrons. The fourth-order valence-corrected chi connectivity index (χ4v) is 8.14. The fourth-order valence-electron chi connectivity index (χ4n) is 3.19. The summed E-state index contributed by atoms with van der Waals surface area (Å²) in [4.78, 5) is 0.0549. The summed E-state index contributed by atoms with van der Waals surface area (Å²) in [6.07, 6.45) is 2.98. The first-order valence-corrected chi connectivity index (χ1v) is 11.9. The van der Waals surface area contributed by atoms with Gasteiger partial charge in [-0.1, -0.05) is 23.2 Å². The van der Waals surface area contributed by atoms with Crippen LogP contribution in [0.5, 0.6) is 0 Å². The van der Waals surface area contributed by atoms with Crippen molar-refractivity contribution < 1.29 is 12.8 Å². The number of nitrogens with zero attached hydrogens (tertiary/aromatic N) is 2. The van der Waals surface area contributed by atoms with E-state index in [1.54, 1.807) is 6.26 Å². The number of hydrogen-bond acceptors (Lipinski definition) is 5. The van der Waals surface area contributed by atoms with Gasteiger partial charge in [-0.2, -0.15) is 9.40 Å². The number of aromatic nitrogens is 2. The maximum absolute atomic E-state index is 13.0. The lowest BCUT2D eigenvalue weighted by atomic mass is 9.94. The second-order valence-corrected chi connectivity index (χ2v) is 11.0. The van der Waals surface area contributed by atoms with Crippen LogP contribution in [0.4, 0.5) is 0 Å². The minimum absolute atomic E-state index is 0.0549. The van der Waals surface area contributed by atoms with E-state index in [2.05, 4.69) is 26.1 Å². The predicted octanol–water partition coefficient (Wildman–Crippen LogP) is 5.37. The molecule has 0 saturated carbocycles. The van der Waals surface area contributed by atoms with Crippen LogP contribution in [0.15, 0.2) is 38.2 Å². The Kier molecular flexibility index (Phi) is 5.43. The summed E-state index contributed by atoms with van der Waals surface area (Å²) in [5.41, 5.74) is 1.73. The van der Waals surface area contributed by atoms with Gasteiger partial charge in [0.25, 0.3) is 0 Å². The Morgan fingerprint density at radius 2 is 2.04 bits per heavy atom. The molecule has 1 fully saturated rings. The molecule has 1 aliphatic rings. The largest absolute Gasteiger partial charge is 0.463 e. The zero-order chi connectivity index (χ0) is 19.2. The van der Waals surface area contributed by atoms with E-state index in [-0.39, 0.29) is 15.1 Å². The lowest BCUT2D eigenvalue weighted by Crippen LogP contribution is -2.38. The van der Waals surface area contributed by atoms with Crippen molar-refractivity contribution in [2.75, 3.05) is 13.1 Å². The normalized spacial score (nSPS) is 16.9. The molecule has 3 aromatic heterocycles. The summed E-state index contributed by atoms with van der Waals surface area (Å²) in [6.45, 7) is 0.802. The number of thiophene rings is 1. The summed E-state index contributed by atoms with van der Waals surface area (Å²) >= 11 is 16.4. The number of piperidine rings is 1. The van der Waals surface area contributed by atoms with Gasteiger partial charge in [0.2, 0.25) is 10.0 Å². The minimum Gasteiger partial charge on any atom is -0.463 e. The topological polar surface area (TPSA) is 79.2 Å². The van der Waals surface area contributed by atoms with Crippen molar-refractivity contribution in [2.45, 2.75) is 23.7 Å². The van der Waals surface area contributed by atoms with Gasteiger partial charge < -0.3 is 4.42 Å². The second kappa shape index (κ2) is 7.53. The van der Waals surface area contributed by atoms with E-state index in [4.69, 9.17) is 27.6 Å². The highest BCUT2D eigenvalue weighted by molar-refractivity contribution is 9.10. The molecular weight excluding hydrogens is 497 g/mol. The van der Waals surface area contributed by atoms with Crippen LogP contribution in [0.2, 0.25) is 8.67 Å². The van der Waals surface area contributed by atoms with E-state index in [0.717, 1.165) is 22.7 Å². The summed E-state index contributed by atoms with van der Waals surface area (Å²) in [5, 5.41) is 7.34. The Labute approximate surface area is 178 Å². The van der Waals surface area contributed by atoms with Crippen molar-refractivity contribution in [3.8, 4) is 11.5 Å². The monoisotopic (exact) mass is 509 g/mol. The minimum atomic E-state index is -3.70. The molecule has 0 atom stereocenters. The Balaban J connectivity index is 1.49. The van der Waals surface area contributed by atoms with Gasteiger partial charge in [-0.05, 0) is 47.0 Å². The molecule has 0 spiro atoms. The Morgan fingerprint density at radius 1 is 1.30 bits per heavy atom. The maximum Gasteiger partial charge on any atom is 0.246 e. The van der Waals surface area contributed by atoms with Crippen LogP contribution in [0.3, 0.4) is 0 Å². The van der Waals surface area contributed by atoms with Gasteiger partial charge in [0.1, 0.15) is 19.3 Å². The molecule has 0 radical (unpaired) electrons. The van der Waals surface area contributed by atoms with Crippen LogP contribution in [0, 0.1) is 0 Å². The molecule has 4 heterocycles. The Morgan fingerprint density at radius 3 is 2.63 bits per heavy atom. The number of sulfonamides is 1. The summed E-state index contributed by atoms with van der Waals surface area (Å²) in [6, 6.07) is 5.62. The van der Waals surface area contributed by atoms with Crippen LogP contribution in [0.25, 0.3) is 11.5 Å². The van der Waals surface area contributed by atoms with Crippen LogP contribution in [-0.4, -0.2) is 36.0 Å². The number of aromatic amines is 1. The number of rotatable bonds is 4. The first-order valence-electron chi connectivity index (χ1n) is 8.10. The molecule has 4 rings (SSSR count). The first-order chi connectivity index (χ1) is 12.9. The molecule has 3 aromatic rings. The Bertz CT molecular complexity index is 1060. The summed E-state index contributed by atoms with van der Waals surface area (Å²) in [5.74, 6) is 0.906. The smallest absolute Gasteiger partial charge is 0.246 e. The lowest BCUT2D eigenvalue weighted by molar-refractivity contribution is 0.316. The molecular formula is C16H14BrCl2N3O3S2. The summed E-state index contributed by atoms with van der Waals surface area (Å²) < 4.78 is 33.6. The van der Waals surface area contributed by atoms with Gasteiger partial charge in [0, 0.05) is 24.7 Å². The third-order valence-corrected chi connectivity index (χ3v) is 9.96. The van der Waals surface area contributed by atoms with Gasteiger partial charge in [-0.15, -0.1) is 11.3 Å². The molecule has 1 N–H and O–H groups in total. The number of H-pyrrole nitrogens is 1. The average molecular weight is 511 g/mol. The van der Waals surface area contributed by atoms with Gasteiger partial charge >= 0.3 is 0 Å². The van der Waals surface area contributed by atoms with Crippen molar-refractivity contribution in [3.63, 3.8) is 0 Å². The van der Waals surface area contributed by atoms with Crippen LogP contribution < -0.4 is 0 Å². The number of nitrogens with one attached hydrogen (secondary N) is 1. The first kappa shape index (κ1) is 19.5. The SMILES string of the molecule is O=S(=O)(c1c(Cl)sc(Cl)c1Br)N1CCC(c2cc(-c3ccco3)n[nH]2)CC1. The molecule has 0 amide bonds. The molecule has 27 heavy (non-hydrogen) atoms. The zero-order valence-electron chi connectivity index (χ0n) is 13.8. The van der Waals surface area contributed by atoms with E-state index in [9.17, 15) is 8.42 Å². The van der Waals surface area contributed by atoms with Crippen molar-refractivity contribution in [1.82, 2.24) is 14.5 Å². The van der Waals surface area contributed by atoms with Gasteiger partial charge in [-0.3, -0.25) is 5.10 Å². The Hall–Kier alpha value is -0.840. The molecule has 11 heteroatoms. The van der Waals surface area contributed by atoms with Crippen molar-refractivity contribution in [1.29, 1.82) is 0 Å². The van der Waals surface area contributed by atoms with Crippen LogP contribution in [-0.2, 0) is 10.0 Å². The molecule has 1 aliphatic heterocycles. The van der Waals surface area contributed by atoms with E-state index >= 15 is 0 Å². The maximum atomic E-state index is 13.0. The molecule has 0 bridgehead atoms. The zero-order valence-corrected chi connectivity index (χ0v) is 18.5. The number of furan rings is 1. The van der Waals surface area contributed by atoms with E-state index in [0.29, 0.717) is 40.5 Å². The fraction of sp³-hybridized carbons (Fsp3) is 0.312. The molecule has 6 nitrogen and oxygen atoms in total. The third kappa shape index (κ3) is 3.61. The molecule has 1 saturated heterocycles. The van der Waals surface area contributed by atoms with Crippen molar-refractivity contribution in [2.24, 2.45) is 0 Å². The van der Waals surface area contributed by atoms with Gasteiger partial charge in [-0.25, -0.2) is 8.42 Å². The van der Waals surface area contributed by atoms with Crippen molar-refractivity contribution in [3.05, 3.63) is 43.3 Å². The average Bonchev–Trinajstić information content (AvgIpc) is 3.36. The quantitative estimate of drug-likeness (QED) is 0.511. The van der Waals surface area contributed by atoms with E-state index in [1.807, 2.05) is 18.2 Å². The second-order valence-electron chi connectivity index (χ2n) is 6.16. The van der Waals surface area contributed by atoms with Gasteiger partial charge in [0.15, 0.2) is 5.76 Å². The van der Waals surface area contributed by atoms with Crippen LogP contribution in [0.1, 0.15) is 24.5 Å². The van der Waals surface area contributed by atoms with Crippen molar-refractivity contribution >= 4 is 60.5 Å². The highest BCUT2D eigenvalue weighted by Crippen LogP contribution is 2.44. The summed E-state index contributed by atoms with van der Waals surface area (Å²) in [7, 11) is -3.70. The molecule has 0 aliphatic carbocycles. The lowest BCUT2D eigenvalue weighted by Gasteiger charge is -2.30. The molecule has 0 aromatic carbocycles. The van der Waals surface area contributed by atoms with E-state index in [1.165, 1.54) is 4.31 Å².